The summed E-state index contributed by atoms with van der Waals surface area (Å²) in [6, 6.07) is 21.9. The molecule has 0 heterocycles. The quantitative estimate of drug-likeness (QED) is 0.243. The Morgan fingerprint density at radius 2 is 1.62 bits per heavy atom. The van der Waals surface area contributed by atoms with Crippen molar-refractivity contribution in [2.45, 2.75) is 51.1 Å². The highest BCUT2D eigenvalue weighted by Gasteiger charge is 2.31. The summed E-state index contributed by atoms with van der Waals surface area (Å²) in [7, 11) is 0. The summed E-state index contributed by atoms with van der Waals surface area (Å²) in [5, 5.41) is 4.59. The second kappa shape index (κ2) is 14.7. The minimum atomic E-state index is -0.690. The molecule has 4 nitrogen and oxygen atoms in total. The van der Waals surface area contributed by atoms with Crippen molar-refractivity contribution in [2.75, 3.05) is 5.75 Å². The van der Waals surface area contributed by atoms with Crippen LogP contribution in [0.5, 0.6) is 0 Å². The van der Waals surface area contributed by atoms with E-state index in [2.05, 4.69) is 5.32 Å². The van der Waals surface area contributed by atoms with Crippen molar-refractivity contribution in [3.05, 3.63) is 105 Å². The van der Waals surface area contributed by atoms with Crippen LogP contribution in [0.4, 0.5) is 0 Å². The fourth-order valence-electron chi connectivity index (χ4n) is 3.80. The van der Waals surface area contributed by atoms with Crippen LogP contribution in [-0.2, 0) is 28.3 Å². The highest BCUT2D eigenvalue weighted by Crippen LogP contribution is 2.25. The number of hydrogen-bond donors (Lipinski definition) is 1. The SMILES string of the molecule is CC[C@@H](C)NC(=O)[C@@H](Cc1ccccc1)N(Cc1ccc(Cl)c(Cl)c1)C(=O)CSCc1cccc(Cl)c1. The van der Waals surface area contributed by atoms with Gasteiger partial charge in [-0.15, -0.1) is 11.8 Å². The second-order valence-corrected chi connectivity index (χ2v) is 11.2. The molecule has 0 fully saturated rings. The van der Waals surface area contributed by atoms with Gasteiger partial charge in [0.25, 0.3) is 0 Å². The molecule has 0 unspecified atom stereocenters. The van der Waals surface area contributed by atoms with Gasteiger partial charge in [0.15, 0.2) is 0 Å². The predicted octanol–water partition coefficient (Wildman–Crippen LogP) is 7.43. The van der Waals surface area contributed by atoms with Crippen molar-refractivity contribution in [1.29, 1.82) is 0 Å². The first-order chi connectivity index (χ1) is 17.8. The van der Waals surface area contributed by atoms with E-state index in [1.807, 2.05) is 74.5 Å². The lowest BCUT2D eigenvalue weighted by Gasteiger charge is -2.32. The molecule has 37 heavy (non-hydrogen) atoms. The topological polar surface area (TPSA) is 49.4 Å². The molecule has 3 aromatic carbocycles. The number of nitrogens with one attached hydrogen (secondary N) is 1. The van der Waals surface area contributed by atoms with Gasteiger partial charge in [0.1, 0.15) is 6.04 Å². The molecule has 3 rings (SSSR count). The van der Waals surface area contributed by atoms with Crippen molar-refractivity contribution in [2.24, 2.45) is 0 Å². The number of amides is 2. The number of nitrogens with zero attached hydrogens (tertiary/aromatic N) is 1. The lowest BCUT2D eigenvalue weighted by atomic mass is 10.0. The van der Waals surface area contributed by atoms with Gasteiger partial charge in [-0.2, -0.15) is 0 Å². The van der Waals surface area contributed by atoms with Gasteiger partial charge < -0.3 is 10.2 Å². The van der Waals surface area contributed by atoms with Crippen LogP contribution >= 0.6 is 46.6 Å². The Balaban J connectivity index is 1.88. The van der Waals surface area contributed by atoms with Gasteiger partial charge >= 0.3 is 0 Å². The smallest absolute Gasteiger partial charge is 0.243 e. The average molecular weight is 578 g/mol. The first-order valence-electron chi connectivity index (χ1n) is 12.2. The first kappa shape index (κ1) is 29.4. The first-order valence-corrected chi connectivity index (χ1v) is 14.5. The van der Waals surface area contributed by atoms with Crippen LogP contribution in [0.1, 0.15) is 37.0 Å². The van der Waals surface area contributed by atoms with Crippen LogP contribution < -0.4 is 5.32 Å². The molecule has 3 aromatic rings. The molecular weight excluding hydrogens is 547 g/mol. The molecule has 0 radical (unpaired) electrons. The third-order valence-electron chi connectivity index (χ3n) is 5.99. The molecule has 0 saturated carbocycles. The largest absolute Gasteiger partial charge is 0.352 e. The third-order valence-corrected chi connectivity index (χ3v) is 7.96. The monoisotopic (exact) mass is 576 g/mol. The van der Waals surface area contributed by atoms with Crippen LogP contribution in [0.3, 0.4) is 0 Å². The average Bonchev–Trinajstić information content (AvgIpc) is 2.88. The van der Waals surface area contributed by atoms with Gasteiger partial charge in [-0.05, 0) is 54.3 Å². The molecule has 2 atom stereocenters. The fraction of sp³-hybridized carbons (Fsp3) is 0.310. The Bertz CT molecular complexity index is 1190. The third kappa shape index (κ3) is 9.26. The van der Waals surface area contributed by atoms with E-state index < -0.39 is 6.04 Å². The van der Waals surface area contributed by atoms with Crippen molar-refractivity contribution in [3.63, 3.8) is 0 Å². The molecular formula is C29H31Cl3N2O2S. The molecule has 0 aliphatic rings. The van der Waals surface area contributed by atoms with E-state index in [0.717, 1.165) is 23.1 Å². The maximum atomic E-state index is 13.7. The zero-order chi connectivity index (χ0) is 26.8. The van der Waals surface area contributed by atoms with Gasteiger partial charge in [0, 0.05) is 29.8 Å². The van der Waals surface area contributed by atoms with E-state index in [0.29, 0.717) is 27.2 Å². The van der Waals surface area contributed by atoms with Crippen LogP contribution in [0, 0.1) is 0 Å². The number of hydrogen-bond acceptors (Lipinski definition) is 3. The zero-order valence-electron chi connectivity index (χ0n) is 20.9. The number of carbonyl (C=O) groups is 2. The predicted molar refractivity (Wildman–Crippen MR) is 156 cm³/mol. The highest BCUT2D eigenvalue weighted by molar-refractivity contribution is 7.99. The lowest BCUT2D eigenvalue weighted by molar-refractivity contribution is -0.139. The number of carbonyl (C=O) groups excluding carboxylic acids is 2. The zero-order valence-corrected chi connectivity index (χ0v) is 24.0. The Morgan fingerprint density at radius 1 is 0.892 bits per heavy atom. The molecule has 0 aliphatic heterocycles. The highest BCUT2D eigenvalue weighted by atomic mass is 35.5. The summed E-state index contributed by atoms with van der Waals surface area (Å²) in [6.07, 6.45) is 1.19. The van der Waals surface area contributed by atoms with Crippen molar-refractivity contribution >= 4 is 58.4 Å². The van der Waals surface area contributed by atoms with E-state index >= 15 is 0 Å². The standard InChI is InChI=1S/C29H31Cl3N2O2S/c1-3-20(2)33-29(36)27(16-21-8-5-4-6-9-21)34(17-22-12-13-25(31)26(32)15-22)28(35)19-37-18-23-10-7-11-24(30)14-23/h4-15,20,27H,3,16-19H2,1-2H3,(H,33,36)/t20-,27-/m1/s1. The summed E-state index contributed by atoms with van der Waals surface area (Å²) in [5.41, 5.74) is 2.82. The minimum Gasteiger partial charge on any atom is -0.352 e. The van der Waals surface area contributed by atoms with E-state index in [1.165, 1.54) is 11.8 Å². The van der Waals surface area contributed by atoms with Crippen LogP contribution in [-0.4, -0.2) is 34.6 Å². The summed E-state index contributed by atoms with van der Waals surface area (Å²) < 4.78 is 0. The van der Waals surface area contributed by atoms with E-state index in [-0.39, 0.29) is 30.2 Å². The minimum absolute atomic E-state index is 0.00935. The van der Waals surface area contributed by atoms with E-state index in [4.69, 9.17) is 34.8 Å². The van der Waals surface area contributed by atoms with Gasteiger partial charge in [0.05, 0.1) is 15.8 Å². The van der Waals surface area contributed by atoms with E-state index in [1.54, 1.807) is 17.0 Å². The molecule has 0 saturated heterocycles. The molecule has 0 spiro atoms. The second-order valence-electron chi connectivity index (χ2n) is 8.92. The Hall–Kier alpha value is -2.18. The molecule has 1 N–H and O–H groups in total. The van der Waals surface area contributed by atoms with Crippen LogP contribution in [0.2, 0.25) is 15.1 Å². The molecule has 8 heteroatoms. The molecule has 196 valence electrons. The van der Waals surface area contributed by atoms with Crippen molar-refractivity contribution < 1.29 is 9.59 Å². The Morgan fingerprint density at radius 3 is 2.30 bits per heavy atom. The maximum Gasteiger partial charge on any atom is 0.243 e. The van der Waals surface area contributed by atoms with Crippen molar-refractivity contribution in [1.82, 2.24) is 10.2 Å². The van der Waals surface area contributed by atoms with Gasteiger partial charge in [0.2, 0.25) is 11.8 Å². The summed E-state index contributed by atoms with van der Waals surface area (Å²) >= 11 is 20.0. The fourth-order valence-corrected chi connectivity index (χ4v) is 5.19. The summed E-state index contributed by atoms with van der Waals surface area (Å²) in [5.74, 6) is 0.551. The number of benzene rings is 3. The van der Waals surface area contributed by atoms with Gasteiger partial charge in [-0.25, -0.2) is 0 Å². The molecule has 0 aliphatic carbocycles. The van der Waals surface area contributed by atoms with Gasteiger partial charge in [-0.3, -0.25) is 9.59 Å². The number of thioether (sulfide) groups is 1. The Kier molecular flexibility index (Phi) is 11.7. The normalized spacial score (nSPS) is 12.6. The number of rotatable bonds is 12. The Labute approximate surface area is 238 Å². The summed E-state index contributed by atoms with van der Waals surface area (Å²) in [4.78, 5) is 28.9. The lowest BCUT2D eigenvalue weighted by Crippen LogP contribution is -2.52. The van der Waals surface area contributed by atoms with Crippen LogP contribution in [0.15, 0.2) is 72.8 Å². The van der Waals surface area contributed by atoms with E-state index in [9.17, 15) is 9.59 Å². The van der Waals surface area contributed by atoms with Crippen LogP contribution in [0.25, 0.3) is 0 Å². The summed E-state index contributed by atoms with van der Waals surface area (Å²) in [6.45, 7) is 4.21. The number of halogens is 3. The molecule has 2 amide bonds. The maximum absolute atomic E-state index is 13.7. The van der Waals surface area contributed by atoms with Crippen molar-refractivity contribution in [3.8, 4) is 0 Å². The van der Waals surface area contributed by atoms with Gasteiger partial charge in [-0.1, -0.05) is 90.3 Å². The molecule has 0 bridgehead atoms. The molecule has 0 aromatic heterocycles.